The monoisotopic (exact) mass is 300 g/mol. The first-order valence-electron chi connectivity index (χ1n) is 6.12. The molecular weight excluding hydrogens is 284 g/mol. The first-order chi connectivity index (χ1) is 9.40. The predicted octanol–water partition coefficient (Wildman–Crippen LogP) is -0.675. The van der Waals surface area contributed by atoms with Crippen molar-refractivity contribution < 1.29 is 23.4 Å². The van der Waals surface area contributed by atoms with Crippen molar-refractivity contribution in [3.8, 4) is 0 Å². The van der Waals surface area contributed by atoms with E-state index in [4.69, 9.17) is 10.2 Å². The number of carbonyl (C=O) groups is 1. The maximum atomic E-state index is 12.0. The van der Waals surface area contributed by atoms with Gasteiger partial charge in [-0.05, 0) is 17.5 Å². The summed E-state index contributed by atoms with van der Waals surface area (Å²) in [6.07, 6.45) is -1.14. The van der Waals surface area contributed by atoms with Crippen LogP contribution in [0.3, 0.4) is 0 Å². The van der Waals surface area contributed by atoms with Crippen molar-refractivity contribution in [3.63, 3.8) is 0 Å². The van der Waals surface area contributed by atoms with Gasteiger partial charge in [0.1, 0.15) is 0 Å². The predicted molar refractivity (Wildman–Crippen MR) is 71.1 cm³/mol. The van der Waals surface area contributed by atoms with E-state index in [9.17, 15) is 13.2 Å². The summed E-state index contributed by atoms with van der Waals surface area (Å²) in [5.41, 5.74) is 2.05. The van der Waals surface area contributed by atoms with E-state index in [-0.39, 0.29) is 6.54 Å². The highest BCUT2D eigenvalue weighted by atomic mass is 32.2. The number of carboxylic acids is 1. The van der Waals surface area contributed by atoms with E-state index >= 15 is 0 Å². The van der Waals surface area contributed by atoms with Gasteiger partial charge in [0.25, 0.3) is 10.2 Å². The molecule has 0 saturated carbocycles. The molecule has 7 nitrogen and oxygen atoms in total. The maximum Gasteiger partial charge on any atom is 0.333 e. The van der Waals surface area contributed by atoms with Crippen LogP contribution >= 0.6 is 0 Å². The molecule has 0 radical (unpaired) electrons. The van der Waals surface area contributed by atoms with Crippen LogP contribution in [0.4, 0.5) is 0 Å². The average Bonchev–Trinajstić information content (AvgIpc) is 2.44. The van der Waals surface area contributed by atoms with Crippen molar-refractivity contribution in [2.45, 2.75) is 19.1 Å². The number of nitrogens with one attached hydrogen (secondary N) is 1. The van der Waals surface area contributed by atoms with E-state index in [0.29, 0.717) is 13.0 Å². The minimum absolute atomic E-state index is 0.245. The van der Waals surface area contributed by atoms with Gasteiger partial charge in [-0.2, -0.15) is 17.4 Å². The van der Waals surface area contributed by atoms with Gasteiger partial charge in [-0.15, -0.1) is 0 Å². The van der Waals surface area contributed by atoms with Gasteiger partial charge >= 0.3 is 5.97 Å². The molecule has 0 bridgehead atoms. The van der Waals surface area contributed by atoms with Gasteiger partial charge in [0.05, 0.1) is 0 Å². The van der Waals surface area contributed by atoms with E-state index in [1.165, 1.54) is 4.31 Å². The van der Waals surface area contributed by atoms with Crippen molar-refractivity contribution in [2.24, 2.45) is 0 Å². The fraction of sp³-hybridized carbons (Fsp3) is 0.417. The van der Waals surface area contributed by atoms with Gasteiger partial charge in [-0.25, -0.2) is 4.79 Å². The molecule has 1 unspecified atom stereocenters. The molecule has 110 valence electrons. The van der Waals surface area contributed by atoms with Crippen LogP contribution in [0.2, 0.25) is 0 Å². The van der Waals surface area contributed by atoms with Gasteiger partial charge in [-0.3, -0.25) is 0 Å². The highest BCUT2D eigenvalue weighted by Gasteiger charge is 2.27. The first kappa shape index (κ1) is 14.9. The van der Waals surface area contributed by atoms with Gasteiger partial charge in [0, 0.05) is 19.6 Å². The molecule has 1 heterocycles. The van der Waals surface area contributed by atoms with Crippen LogP contribution in [-0.4, -0.2) is 48.1 Å². The van der Waals surface area contributed by atoms with Gasteiger partial charge in [-0.1, -0.05) is 24.3 Å². The Hall–Kier alpha value is -1.48. The molecule has 0 spiro atoms. The highest BCUT2D eigenvalue weighted by molar-refractivity contribution is 7.87. The van der Waals surface area contributed by atoms with E-state index < -0.39 is 28.8 Å². The summed E-state index contributed by atoms with van der Waals surface area (Å²) in [5, 5.41) is 17.6. The largest absolute Gasteiger partial charge is 0.479 e. The number of carboxylic acid groups (broad SMARTS) is 1. The van der Waals surface area contributed by atoms with Crippen LogP contribution in [0.15, 0.2) is 24.3 Å². The van der Waals surface area contributed by atoms with Crippen LogP contribution < -0.4 is 4.72 Å². The number of aliphatic carboxylic acids is 1. The summed E-state index contributed by atoms with van der Waals surface area (Å²) in [4.78, 5) is 10.5. The Balaban J connectivity index is 2.03. The third-order valence-electron chi connectivity index (χ3n) is 3.18. The smallest absolute Gasteiger partial charge is 0.333 e. The quantitative estimate of drug-likeness (QED) is 0.668. The minimum Gasteiger partial charge on any atom is -0.479 e. The van der Waals surface area contributed by atoms with Crippen LogP contribution in [0.5, 0.6) is 0 Å². The molecular formula is C12H16N2O5S. The molecule has 1 atom stereocenters. The Morgan fingerprint density at radius 2 is 2.00 bits per heavy atom. The highest BCUT2D eigenvalue weighted by Crippen LogP contribution is 2.20. The fourth-order valence-corrected chi connectivity index (χ4v) is 3.23. The van der Waals surface area contributed by atoms with Gasteiger partial charge < -0.3 is 10.2 Å². The standard InChI is InChI=1S/C12H16N2O5S/c15-11(12(16)17)7-13-20(18,19)14-6-5-9-3-1-2-4-10(9)8-14/h1-4,11,13,15H,5-8H2,(H,16,17). The SMILES string of the molecule is O=C(O)C(O)CNS(=O)(=O)N1CCc2ccccc2C1. The molecule has 1 aromatic carbocycles. The van der Waals surface area contributed by atoms with E-state index in [2.05, 4.69) is 4.72 Å². The summed E-state index contributed by atoms with van der Waals surface area (Å²) >= 11 is 0. The Morgan fingerprint density at radius 1 is 1.35 bits per heavy atom. The second kappa shape index (κ2) is 5.88. The van der Waals surface area contributed by atoms with Crippen LogP contribution in [-0.2, 0) is 28.0 Å². The lowest BCUT2D eigenvalue weighted by Gasteiger charge is -2.28. The first-order valence-corrected chi connectivity index (χ1v) is 7.56. The third-order valence-corrected chi connectivity index (χ3v) is 4.70. The summed E-state index contributed by atoms with van der Waals surface area (Å²) in [5.74, 6) is -1.46. The topological polar surface area (TPSA) is 107 Å². The molecule has 0 saturated heterocycles. The average molecular weight is 300 g/mol. The Morgan fingerprint density at radius 3 is 2.65 bits per heavy atom. The fourth-order valence-electron chi connectivity index (χ4n) is 2.04. The number of aliphatic hydroxyl groups is 1. The molecule has 0 fully saturated rings. The van der Waals surface area contributed by atoms with Crippen molar-refractivity contribution in [2.75, 3.05) is 13.1 Å². The van der Waals surface area contributed by atoms with Crippen molar-refractivity contribution in [1.29, 1.82) is 0 Å². The number of hydrogen-bond donors (Lipinski definition) is 3. The zero-order valence-electron chi connectivity index (χ0n) is 10.7. The van der Waals surface area contributed by atoms with Crippen LogP contribution in [0, 0.1) is 0 Å². The number of rotatable bonds is 5. The number of benzene rings is 1. The molecule has 1 aliphatic heterocycles. The van der Waals surface area contributed by atoms with Crippen molar-refractivity contribution >= 4 is 16.2 Å². The lowest BCUT2D eigenvalue weighted by Crippen LogP contribution is -2.46. The number of aliphatic hydroxyl groups excluding tert-OH is 1. The summed E-state index contributed by atoms with van der Waals surface area (Å²) < 4.78 is 27.4. The molecule has 1 aliphatic rings. The molecule has 20 heavy (non-hydrogen) atoms. The minimum atomic E-state index is -3.79. The summed E-state index contributed by atoms with van der Waals surface area (Å²) in [6, 6.07) is 7.57. The van der Waals surface area contributed by atoms with Gasteiger partial charge in [0.2, 0.25) is 0 Å². The summed E-state index contributed by atoms with van der Waals surface area (Å²) in [7, 11) is -3.79. The molecule has 2 rings (SSSR count). The van der Waals surface area contributed by atoms with E-state index in [0.717, 1.165) is 11.1 Å². The van der Waals surface area contributed by atoms with Crippen molar-refractivity contribution in [1.82, 2.24) is 9.03 Å². The normalized spacial score (nSPS) is 17.4. The molecule has 1 aromatic rings. The molecule has 0 amide bonds. The molecule has 3 N–H and O–H groups in total. The van der Waals surface area contributed by atoms with E-state index in [1.807, 2.05) is 24.3 Å². The lowest BCUT2D eigenvalue weighted by atomic mass is 10.0. The zero-order valence-corrected chi connectivity index (χ0v) is 11.5. The lowest BCUT2D eigenvalue weighted by molar-refractivity contribution is -0.146. The Bertz CT molecular complexity index is 602. The molecule has 0 aromatic heterocycles. The number of nitrogens with zero attached hydrogens (tertiary/aromatic N) is 1. The molecule has 8 heteroatoms. The Kier molecular flexibility index (Phi) is 4.39. The van der Waals surface area contributed by atoms with E-state index in [1.54, 1.807) is 0 Å². The second-order valence-corrected chi connectivity index (χ2v) is 6.32. The van der Waals surface area contributed by atoms with Crippen molar-refractivity contribution in [3.05, 3.63) is 35.4 Å². The third kappa shape index (κ3) is 3.34. The Labute approximate surface area is 117 Å². The zero-order chi connectivity index (χ0) is 14.8. The number of hydrogen-bond acceptors (Lipinski definition) is 4. The van der Waals surface area contributed by atoms with Gasteiger partial charge in [0.15, 0.2) is 6.10 Å². The maximum absolute atomic E-state index is 12.0. The number of fused-ring (bicyclic) bond motifs is 1. The molecule has 0 aliphatic carbocycles. The van der Waals surface area contributed by atoms with Crippen LogP contribution in [0.1, 0.15) is 11.1 Å². The van der Waals surface area contributed by atoms with Crippen LogP contribution in [0.25, 0.3) is 0 Å². The second-order valence-electron chi connectivity index (χ2n) is 4.56. The summed E-state index contributed by atoms with van der Waals surface area (Å²) in [6.45, 7) is 0.0278.